The number of ether oxygens (including phenoxy) is 2. The summed E-state index contributed by atoms with van der Waals surface area (Å²) in [6.07, 6.45) is 0. The molecule has 0 spiro atoms. The van der Waals surface area contributed by atoms with E-state index in [2.05, 4.69) is 5.10 Å². The summed E-state index contributed by atoms with van der Waals surface area (Å²) in [5, 5.41) is 4.74. The van der Waals surface area contributed by atoms with Gasteiger partial charge in [0.05, 0.1) is 5.69 Å². The average molecular weight is 399 g/mol. The maximum Gasteiger partial charge on any atom is 0.363 e. The number of aromatic nitrogens is 2. The molecule has 28 heavy (non-hydrogen) atoms. The Morgan fingerprint density at radius 1 is 1.04 bits per heavy atom. The highest BCUT2D eigenvalue weighted by atomic mass is 35.5. The van der Waals surface area contributed by atoms with Crippen molar-refractivity contribution in [1.29, 1.82) is 0 Å². The van der Waals surface area contributed by atoms with Gasteiger partial charge in [-0.15, -0.1) is 0 Å². The molecule has 0 bridgehead atoms. The van der Waals surface area contributed by atoms with Crippen molar-refractivity contribution in [3.05, 3.63) is 86.8 Å². The van der Waals surface area contributed by atoms with Gasteiger partial charge in [0, 0.05) is 16.8 Å². The van der Waals surface area contributed by atoms with Crippen LogP contribution in [0.15, 0.2) is 59.4 Å². The van der Waals surface area contributed by atoms with E-state index in [1.807, 2.05) is 31.2 Å². The van der Waals surface area contributed by atoms with E-state index < -0.39 is 11.4 Å². The maximum absolute atomic E-state index is 12.3. The smallest absolute Gasteiger partial charge is 0.363 e. The molecule has 3 rings (SSSR count). The molecule has 1 heterocycles. The number of nitrogens with zero attached hydrogens (tertiary/aromatic N) is 2. The van der Waals surface area contributed by atoms with Crippen LogP contribution in [0.2, 0.25) is 5.02 Å². The Hall–Kier alpha value is -3.12. The van der Waals surface area contributed by atoms with E-state index >= 15 is 0 Å². The quantitative estimate of drug-likeness (QED) is 0.467. The first kappa shape index (κ1) is 19.6. The van der Waals surface area contributed by atoms with Crippen LogP contribution in [0.25, 0.3) is 5.69 Å². The lowest BCUT2D eigenvalue weighted by Gasteiger charge is -2.11. The minimum Gasteiger partial charge on any atom is -0.490 e. The zero-order valence-corrected chi connectivity index (χ0v) is 16.3. The van der Waals surface area contributed by atoms with Gasteiger partial charge in [-0.2, -0.15) is 5.10 Å². The molecule has 0 unspecified atom stereocenters. The monoisotopic (exact) mass is 398 g/mol. The Morgan fingerprint density at radius 2 is 1.71 bits per heavy atom. The molecule has 0 fully saturated rings. The number of halogens is 1. The zero-order chi connectivity index (χ0) is 20.1. The highest BCUT2D eigenvalue weighted by molar-refractivity contribution is 6.30. The Labute approximate surface area is 167 Å². The van der Waals surface area contributed by atoms with E-state index in [9.17, 15) is 9.59 Å². The van der Waals surface area contributed by atoms with Crippen LogP contribution in [0.1, 0.15) is 21.7 Å². The second-order valence-corrected chi connectivity index (χ2v) is 6.62. The maximum atomic E-state index is 12.3. The largest absolute Gasteiger partial charge is 0.490 e. The Kier molecular flexibility index (Phi) is 6.11. The van der Waals surface area contributed by atoms with Crippen molar-refractivity contribution in [2.45, 2.75) is 13.8 Å². The predicted octanol–water partition coefficient (Wildman–Crippen LogP) is 3.74. The first-order valence-electron chi connectivity index (χ1n) is 8.67. The molecule has 144 valence electrons. The predicted molar refractivity (Wildman–Crippen MR) is 107 cm³/mol. The molecule has 6 nitrogen and oxygen atoms in total. The lowest BCUT2D eigenvalue weighted by molar-refractivity contribution is 0.0440. The first-order chi connectivity index (χ1) is 13.4. The lowest BCUT2D eigenvalue weighted by atomic mass is 10.2. The molecule has 1 aromatic heterocycles. The van der Waals surface area contributed by atoms with Gasteiger partial charge in [-0.05, 0) is 50.2 Å². The number of carbonyl (C=O) groups is 1. The van der Waals surface area contributed by atoms with Crippen LogP contribution >= 0.6 is 11.6 Å². The molecule has 0 saturated heterocycles. The van der Waals surface area contributed by atoms with Gasteiger partial charge in [0.15, 0.2) is 0 Å². The molecule has 0 saturated carbocycles. The van der Waals surface area contributed by atoms with Gasteiger partial charge in [0.25, 0.3) is 0 Å². The van der Waals surface area contributed by atoms with E-state index in [0.29, 0.717) is 22.2 Å². The van der Waals surface area contributed by atoms with Crippen LogP contribution in [-0.2, 0) is 4.74 Å². The Bertz CT molecular complexity index is 1030. The molecule has 0 aliphatic rings. The molecule has 7 heteroatoms. The van der Waals surface area contributed by atoms with Gasteiger partial charge in [-0.1, -0.05) is 29.3 Å². The minimum absolute atomic E-state index is 0.00263. The highest BCUT2D eigenvalue weighted by Gasteiger charge is 2.17. The topological polar surface area (TPSA) is 70.4 Å². The van der Waals surface area contributed by atoms with Crippen molar-refractivity contribution in [1.82, 2.24) is 9.78 Å². The summed E-state index contributed by atoms with van der Waals surface area (Å²) in [6, 6.07) is 15.8. The van der Waals surface area contributed by atoms with Crippen LogP contribution < -0.4 is 10.2 Å². The van der Waals surface area contributed by atoms with Gasteiger partial charge >= 0.3 is 5.97 Å². The SMILES string of the molecule is Cc1ccc(OCCOC(=O)c2nn(-c3ccc(Cl)cc3)c(C)cc2=O)cc1. The number of benzene rings is 2. The molecule has 3 aromatic rings. The van der Waals surface area contributed by atoms with Crippen molar-refractivity contribution in [3.63, 3.8) is 0 Å². The summed E-state index contributed by atoms with van der Waals surface area (Å²) in [7, 11) is 0. The van der Waals surface area contributed by atoms with Gasteiger partial charge in [0.1, 0.15) is 19.0 Å². The van der Waals surface area contributed by atoms with Crippen LogP contribution in [0, 0.1) is 13.8 Å². The number of hydrogen-bond donors (Lipinski definition) is 0. The standard InChI is InChI=1S/C21H19ClN2O4/c1-14-3-9-18(10-4-14)27-11-12-28-21(26)20-19(25)13-15(2)24(23-20)17-7-5-16(22)6-8-17/h3-10,13H,11-12H2,1-2H3. The third-order valence-electron chi connectivity index (χ3n) is 3.98. The van der Waals surface area contributed by atoms with Crippen LogP contribution in [0.4, 0.5) is 0 Å². The van der Waals surface area contributed by atoms with Crippen molar-refractivity contribution < 1.29 is 14.3 Å². The number of carbonyl (C=O) groups excluding carboxylic acids is 1. The molecule has 0 amide bonds. The molecule has 0 radical (unpaired) electrons. The number of rotatable bonds is 6. The van der Waals surface area contributed by atoms with E-state index in [1.165, 1.54) is 10.7 Å². The third-order valence-corrected chi connectivity index (χ3v) is 4.23. The second-order valence-electron chi connectivity index (χ2n) is 6.18. The molecular weight excluding hydrogens is 380 g/mol. The molecule has 0 N–H and O–H groups in total. The average Bonchev–Trinajstić information content (AvgIpc) is 2.67. The van der Waals surface area contributed by atoms with Crippen LogP contribution in [0.3, 0.4) is 0 Å². The number of hydrogen-bond acceptors (Lipinski definition) is 5. The summed E-state index contributed by atoms with van der Waals surface area (Å²) < 4.78 is 12.1. The lowest BCUT2D eigenvalue weighted by Crippen LogP contribution is -2.25. The molecule has 0 aliphatic carbocycles. The number of esters is 1. The molecule has 2 aromatic carbocycles. The summed E-state index contributed by atoms with van der Waals surface area (Å²) in [4.78, 5) is 24.5. The summed E-state index contributed by atoms with van der Waals surface area (Å²) >= 11 is 5.90. The van der Waals surface area contributed by atoms with E-state index in [0.717, 1.165) is 5.56 Å². The van der Waals surface area contributed by atoms with E-state index in [-0.39, 0.29) is 18.9 Å². The molecular formula is C21H19ClN2O4. The summed E-state index contributed by atoms with van der Waals surface area (Å²) in [5.74, 6) is -0.111. The van der Waals surface area contributed by atoms with Crippen LogP contribution in [0.5, 0.6) is 5.75 Å². The van der Waals surface area contributed by atoms with Gasteiger partial charge < -0.3 is 9.47 Å². The molecule has 0 atom stereocenters. The molecule has 0 aliphatic heterocycles. The normalized spacial score (nSPS) is 10.5. The Morgan fingerprint density at radius 3 is 2.39 bits per heavy atom. The van der Waals surface area contributed by atoms with Gasteiger partial charge in [0.2, 0.25) is 11.1 Å². The summed E-state index contributed by atoms with van der Waals surface area (Å²) in [6.45, 7) is 3.89. The fourth-order valence-corrected chi connectivity index (χ4v) is 2.66. The highest BCUT2D eigenvalue weighted by Crippen LogP contribution is 2.14. The Balaban J connectivity index is 1.67. The van der Waals surface area contributed by atoms with Crippen molar-refractivity contribution in [3.8, 4) is 11.4 Å². The first-order valence-corrected chi connectivity index (χ1v) is 9.05. The van der Waals surface area contributed by atoms with E-state index in [4.69, 9.17) is 21.1 Å². The fourth-order valence-electron chi connectivity index (χ4n) is 2.53. The summed E-state index contributed by atoms with van der Waals surface area (Å²) in [5.41, 5.74) is 1.62. The van der Waals surface area contributed by atoms with Crippen molar-refractivity contribution >= 4 is 17.6 Å². The number of aryl methyl sites for hydroxylation is 2. The zero-order valence-electron chi connectivity index (χ0n) is 15.5. The van der Waals surface area contributed by atoms with Crippen molar-refractivity contribution in [2.24, 2.45) is 0 Å². The van der Waals surface area contributed by atoms with Gasteiger partial charge in [-0.3, -0.25) is 4.79 Å². The third kappa shape index (κ3) is 4.78. The van der Waals surface area contributed by atoms with Crippen molar-refractivity contribution in [2.75, 3.05) is 13.2 Å². The van der Waals surface area contributed by atoms with Gasteiger partial charge in [-0.25, -0.2) is 9.48 Å². The fraction of sp³-hybridized carbons (Fsp3) is 0.190. The minimum atomic E-state index is -0.791. The van der Waals surface area contributed by atoms with E-state index in [1.54, 1.807) is 31.2 Å². The second kappa shape index (κ2) is 8.71. The van der Waals surface area contributed by atoms with Crippen LogP contribution in [-0.4, -0.2) is 29.0 Å².